The molecule has 4 nitrogen and oxygen atoms in total. The largest absolute Gasteiger partial charge is 0.493 e. The minimum atomic E-state index is -0.0957. The van der Waals surface area contributed by atoms with E-state index < -0.39 is 0 Å². The predicted molar refractivity (Wildman–Crippen MR) is 93.8 cm³/mol. The van der Waals surface area contributed by atoms with Crippen molar-refractivity contribution in [3.05, 3.63) is 35.1 Å². The van der Waals surface area contributed by atoms with Crippen molar-refractivity contribution in [3.63, 3.8) is 0 Å². The summed E-state index contributed by atoms with van der Waals surface area (Å²) < 4.78 is 11.5. The molecule has 0 unspecified atom stereocenters. The maximum atomic E-state index is 12.0. The fourth-order valence-electron chi connectivity index (χ4n) is 2.66. The molecule has 1 aromatic heterocycles. The Kier molecular flexibility index (Phi) is 5.14. The van der Waals surface area contributed by atoms with E-state index in [4.69, 9.17) is 9.15 Å². The summed E-state index contributed by atoms with van der Waals surface area (Å²) in [6.45, 7) is 12.3. The van der Waals surface area contributed by atoms with Gasteiger partial charge in [0.25, 0.3) is 0 Å². The Morgan fingerprint density at radius 1 is 1.39 bits per heavy atom. The first-order valence-electron chi connectivity index (χ1n) is 7.98. The van der Waals surface area contributed by atoms with Gasteiger partial charge in [-0.1, -0.05) is 0 Å². The summed E-state index contributed by atoms with van der Waals surface area (Å²) in [7, 11) is 0. The monoisotopic (exact) mass is 315 g/mol. The van der Waals surface area contributed by atoms with E-state index in [-0.39, 0.29) is 11.9 Å². The number of furan rings is 1. The maximum Gasteiger partial charge on any atom is 0.244 e. The number of fused-ring (bicyclic) bond motifs is 1. The van der Waals surface area contributed by atoms with Crippen molar-refractivity contribution in [2.75, 3.05) is 6.61 Å². The van der Waals surface area contributed by atoms with E-state index in [9.17, 15) is 4.79 Å². The number of hydrogen-bond donors (Lipinski definition) is 1. The second kappa shape index (κ2) is 6.90. The van der Waals surface area contributed by atoms with Gasteiger partial charge in [-0.15, -0.1) is 0 Å². The van der Waals surface area contributed by atoms with Gasteiger partial charge in [-0.3, -0.25) is 4.79 Å². The average molecular weight is 315 g/mol. The van der Waals surface area contributed by atoms with Crippen LogP contribution < -0.4 is 10.1 Å². The summed E-state index contributed by atoms with van der Waals surface area (Å²) >= 11 is 0. The second-order valence-electron chi connectivity index (χ2n) is 6.10. The van der Waals surface area contributed by atoms with Crippen LogP contribution in [0.25, 0.3) is 16.5 Å². The van der Waals surface area contributed by atoms with E-state index in [2.05, 4.69) is 5.32 Å². The van der Waals surface area contributed by atoms with Gasteiger partial charge in [-0.05, 0) is 58.7 Å². The van der Waals surface area contributed by atoms with Crippen molar-refractivity contribution >= 4 is 22.4 Å². The summed E-state index contributed by atoms with van der Waals surface area (Å²) in [6, 6.07) is 2.15. The molecular weight excluding hydrogens is 290 g/mol. The minimum Gasteiger partial charge on any atom is -0.493 e. The first kappa shape index (κ1) is 17.1. The van der Waals surface area contributed by atoms with Gasteiger partial charge < -0.3 is 14.5 Å². The van der Waals surface area contributed by atoms with Gasteiger partial charge in [-0.25, -0.2) is 0 Å². The molecule has 2 aromatic rings. The zero-order valence-corrected chi connectivity index (χ0v) is 14.7. The molecule has 0 aliphatic heterocycles. The van der Waals surface area contributed by atoms with Crippen molar-refractivity contribution < 1.29 is 13.9 Å². The van der Waals surface area contributed by atoms with Crippen LogP contribution in [0.4, 0.5) is 0 Å². The van der Waals surface area contributed by atoms with Gasteiger partial charge in [-0.2, -0.15) is 0 Å². The molecule has 0 aliphatic rings. The number of allylic oxidation sites excluding steroid dienone is 1. The van der Waals surface area contributed by atoms with Crippen LogP contribution in [0.5, 0.6) is 5.75 Å². The predicted octanol–water partition coefficient (Wildman–Crippen LogP) is 4.38. The van der Waals surface area contributed by atoms with Crippen molar-refractivity contribution in [2.45, 2.75) is 47.6 Å². The van der Waals surface area contributed by atoms with Crippen LogP contribution in [0.3, 0.4) is 0 Å². The second-order valence-corrected chi connectivity index (χ2v) is 6.10. The maximum absolute atomic E-state index is 12.0. The van der Waals surface area contributed by atoms with Gasteiger partial charge >= 0.3 is 0 Å². The van der Waals surface area contributed by atoms with Gasteiger partial charge in [0.05, 0.1) is 12.9 Å². The van der Waals surface area contributed by atoms with Gasteiger partial charge in [0.15, 0.2) is 0 Å². The summed E-state index contributed by atoms with van der Waals surface area (Å²) in [5.41, 5.74) is 4.68. The van der Waals surface area contributed by atoms with E-state index in [0.29, 0.717) is 6.61 Å². The Morgan fingerprint density at radius 2 is 2.09 bits per heavy atom. The molecule has 0 spiro atoms. The van der Waals surface area contributed by atoms with Gasteiger partial charge in [0, 0.05) is 28.6 Å². The topological polar surface area (TPSA) is 51.5 Å². The molecular formula is C19H25NO3. The van der Waals surface area contributed by atoms with E-state index in [1.807, 2.05) is 47.6 Å². The van der Waals surface area contributed by atoms with Crippen molar-refractivity contribution in [1.29, 1.82) is 0 Å². The lowest BCUT2D eigenvalue weighted by molar-refractivity contribution is -0.116. The van der Waals surface area contributed by atoms with Crippen LogP contribution in [0, 0.1) is 13.8 Å². The van der Waals surface area contributed by atoms with E-state index in [1.54, 1.807) is 12.3 Å². The van der Waals surface area contributed by atoms with Gasteiger partial charge in [0.2, 0.25) is 5.91 Å². The molecule has 0 saturated carbocycles. The first-order valence-corrected chi connectivity index (χ1v) is 7.98. The molecule has 0 bridgehead atoms. The number of ether oxygens (including phenoxy) is 1. The number of rotatable bonds is 5. The van der Waals surface area contributed by atoms with Gasteiger partial charge in [0.1, 0.15) is 11.3 Å². The number of benzene rings is 1. The SMILES string of the molecule is CCOc1c(/C(C)=C/C(=O)NC(C)C)cc2c(C)coc2c1C. The summed E-state index contributed by atoms with van der Waals surface area (Å²) in [5.74, 6) is 0.682. The number of hydrogen-bond acceptors (Lipinski definition) is 3. The van der Waals surface area contributed by atoms with E-state index >= 15 is 0 Å². The number of nitrogens with one attached hydrogen (secondary N) is 1. The van der Waals surface area contributed by atoms with Crippen molar-refractivity contribution in [1.82, 2.24) is 5.32 Å². The molecule has 0 fully saturated rings. The zero-order chi connectivity index (χ0) is 17.1. The van der Waals surface area contributed by atoms with E-state index in [1.165, 1.54) is 0 Å². The summed E-state index contributed by atoms with van der Waals surface area (Å²) in [4.78, 5) is 12.0. The molecule has 1 amide bonds. The smallest absolute Gasteiger partial charge is 0.244 e. The lowest BCUT2D eigenvalue weighted by atomic mass is 9.98. The fourth-order valence-corrected chi connectivity index (χ4v) is 2.66. The van der Waals surface area contributed by atoms with E-state index in [0.717, 1.165) is 39.0 Å². The number of carbonyl (C=O) groups is 1. The Hall–Kier alpha value is -2.23. The van der Waals surface area contributed by atoms with Crippen LogP contribution in [0.15, 0.2) is 22.8 Å². The molecule has 2 rings (SSSR count). The van der Waals surface area contributed by atoms with Crippen LogP contribution in [-0.4, -0.2) is 18.6 Å². The number of aryl methyl sites for hydroxylation is 2. The molecule has 23 heavy (non-hydrogen) atoms. The average Bonchev–Trinajstić information content (AvgIpc) is 2.82. The van der Waals surface area contributed by atoms with Crippen molar-refractivity contribution in [2.24, 2.45) is 0 Å². The third-order valence-corrected chi connectivity index (χ3v) is 3.73. The Morgan fingerprint density at radius 3 is 2.70 bits per heavy atom. The third-order valence-electron chi connectivity index (χ3n) is 3.73. The molecule has 0 radical (unpaired) electrons. The number of amides is 1. The molecule has 1 aromatic carbocycles. The highest BCUT2D eigenvalue weighted by molar-refractivity contribution is 5.98. The Labute approximate surface area is 137 Å². The minimum absolute atomic E-state index is 0.0957. The van der Waals surface area contributed by atoms with Crippen LogP contribution in [0.1, 0.15) is 44.4 Å². The fraction of sp³-hybridized carbons (Fsp3) is 0.421. The molecule has 0 atom stereocenters. The molecule has 0 saturated heterocycles. The highest BCUT2D eigenvalue weighted by Crippen LogP contribution is 2.37. The Bertz CT molecular complexity index is 754. The standard InChI is InChI=1S/C19H25NO3/c1-7-22-18-14(6)19-16(13(5)10-23-19)9-15(18)12(4)8-17(21)20-11(2)3/h8-11H,7H2,1-6H3,(H,20,21)/b12-8+. The first-order chi connectivity index (χ1) is 10.8. The van der Waals surface area contributed by atoms with Crippen LogP contribution in [-0.2, 0) is 4.79 Å². The molecule has 0 aliphatic carbocycles. The highest BCUT2D eigenvalue weighted by atomic mass is 16.5. The Balaban J connectivity index is 2.57. The summed E-state index contributed by atoms with van der Waals surface area (Å²) in [5, 5.41) is 3.93. The number of carbonyl (C=O) groups excluding carboxylic acids is 1. The third kappa shape index (κ3) is 3.58. The molecule has 1 N–H and O–H groups in total. The molecule has 124 valence electrons. The zero-order valence-electron chi connectivity index (χ0n) is 14.7. The highest BCUT2D eigenvalue weighted by Gasteiger charge is 2.17. The summed E-state index contributed by atoms with van der Waals surface area (Å²) in [6.07, 6.45) is 3.38. The normalized spacial score (nSPS) is 12.0. The lowest BCUT2D eigenvalue weighted by Gasteiger charge is -2.15. The van der Waals surface area contributed by atoms with Crippen LogP contribution in [0.2, 0.25) is 0 Å². The van der Waals surface area contributed by atoms with Crippen LogP contribution >= 0.6 is 0 Å². The molecule has 1 heterocycles. The van der Waals surface area contributed by atoms with Crippen molar-refractivity contribution in [3.8, 4) is 5.75 Å². The molecule has 4 heteroatoms. The quantitative estimate of drug-likeness (QED) is 0.833. The lowest BCUT2D eigenvalue weighted by Crippen LogP contribution is -2.28.